The fourth-order valence-electron chi connectivity index (χ4n) is 2.04. The molecule has 0 saturated carbocycles. The summed E-state index contributed by atoms with van der Waals surface area (Å²) in [6.45, 7) is 1.87. The number of nitrogens with two attached hydrogens (primary N) is 1. The number of benzene rings is 2. The maximum absolute atomic E-state index is 12.5. The molecule has 0 radical (unpaired) electrons. The highest BCUT2D eigenvalue weighted by Crippen LogP contribution is 2.25. The van der Waals surface area contributed by atoms with Gasteiger partial charge in [0.2, 0.25) is 0 Å². The molecule has 4 heteroatoms. The van der Waals surface area contributed by atoms with Crippen molar-refractivity contribution in [2.75, 3.05) is 20.0 Å². The predicted molar refractivity (Wildman–Crippen MR) is 78.6 cm³/mol. The SMILES string of the molecule is COc1ccc(C(=O)c2ccc(OC)cc2N)c(C)c1. The zero-order valence-corrected chi connectivity index (χ0v) is 11.8. The highest BCUT2D eigenvalue weighted by Gasteiger charge is 2.15. The van der Waals surface area contributed by atoms with Crippen LogP contribution >= 0.6 is 0 Å². The van der Waals surface area contributed by atoms with E-state index in [1.54, 1.807) is 44.6 Å². The summed E-state index contributed by atoms with van der Waals surface area (Å²) in [5.74, 6) is 1.25. The van der Waals surface area contributed by atoms with Gasteiger partial charge in [-0.1, -0.05) is 0 Å². The topological polar surface area (TPSA) is 61.5 Å². The largest absolute Gasteiger partial charge is 0.497 e. The molecule has 0 aliphatic carbocycles. The Morgan fingerprint density at radius 3 is 2.00 bits per heavy atom. The molecule has 0 atom stereocenters. The maximum Gasteiger partial charge on any atom is 0.195 e. The quantitative estimate of drug-likeness (QED) is 0.686. The van der Waals surface area contributed by atoms with Crippen LogP contribution < -0.4 is 15.2 Å². The number of nitrogen functional groups attached to an aromatic ring is 1. The lowest BCUT2D eigenvalue weighted by atomic mass is 9.97. The van der Waals surface area contributed by atoms with E-state index in [1.165, 1.54) is 0 Å². The molecule has 4 nitrogen and oxygen atoms in total. The molecular weight excluding hydrogens is 254 g/mol. The van der Waals surface area contributed by atoms with Gasteiger partial charge in [-0.05, 0) is 42.8 Å². The van der Waals surface area contributed by atoms with Gasteiger partial charge in [-0.15, -0.1) is 0 Å². The lowest BCUT2D eigenvalue weighted by Gasteiger charge is -2.10. The first-order valence-electron chi connectivity index (χ1n) is 6.19. The number of carbonyl (C=O) groups is 1. The standard InChI is InChI=1S/C16H17NO3/c1-10-8-11(19-2)4-6-13(10)16(18)14-7-5-12(20-3)9-15(14)17/h4-9H,17H2,1-3H3. The lowest BCUT2D eigenvalue weighted by molar-refractivity contribution is 0.103. The van der Waals surface area contributed by atoms with Gasteiger partial charge in [-0.2, -0.15) is 0 Å². The summed E-state index contributed by atoms with van der Waals surface area (Å²) in [7, 11) is 3.15. The maximum atomic E-state index is 12.5. The van der Waals surface area contributed by atoms with Crippen molar-refractivity contribution in [3.63, 3.8) is 0 Å². The molecule has 0 aromatic heterocycles. The Morgan fingerprint density at radius 2 is 1.50 bits per heavy atom. The van der Waals surface area contributed by atoms with Gasteiger partial charge in [0.15, 0.2) is 5.78 Å². The molecule has 20 heavy (non-hydrogen) atoms. The Labute approximate surface area is 118 Å². The van der Waals surface area contributed by atoms with Crippen molar-refractivity contribution in [1.82, 2.24) is 0 Å². The van der Waals surface area contributed by atoms with Crippen LogP contribution in [0.25, 0.3) is 0 Å². The number of methoxy groups -OCH3 is 2. The minimum Gasteiger partial charge on any atom is -0.497 e. The first kappa shape index (κ1) is 13.9. The summed E-state index contributed by atoms with van der Waals surface area (Å²) in [4.78, 5) is 12.5. The average molecular weight is 271 g/mol. The fraction of sp³-hybridized carbons (Fsp3) is 0.188. The Bertz CT molecular complexity index is 595. The molecule has 0 fully saturated rings. The molecule has 0 unspecified atom stereocenters. The molecule has 104 valence electrons. The summed E-state index contributed by atoms with van der Waals surface area (Å²) < 4.78 is 10.2. The first-order chi connectivity index (χ1) is 9.56. The van der Waals surface area contributed by atoms with Crippen molar-refractivity contribution < 1.29 is 14.3 Å². The minimum absolute atomic E-state index is 0.106. The van der Waals surface area contributed by atoms with Crippen LogP contribution in [0.5, 0.6) is 11.5 Å². The number of rotatable bonds is 4. The molecular formula is C16H17NO3. The Kier molecular flexibility index (Phi) is 3.94. The monoisotopic (exact) mass is 271 g/mol. The molecule has 2 rings (SSSR count). The Morgan fingerprint density at radius 1 is 0.950 bits per heavy atom. The predicted octanol–water partition coefficient (Wildman–Crippen LogP) is 2.83. The van der Waals surface area contributed by atoms with Gasteiger partial charge in [-0.3, -0.25) is 4.79 Å². The Balaban J connectivity index is 2.41. The third kappa shape index (κ3) is 2.59. The minimum atomic E-state index is -0.106. The van der Waals surface area contributed by atoms with Gasteiger partial charge in [0, 0.05) is 22.9 Å². The van der Waals surface area contributed by atoms with Crippen LogP contribution in [0.3, 0.4) is 0 Å². The van der Waals surface area contributed by atoms with Gasteiger partial charge in [0.1, 0.15) is 11.5 Å². The number of hydrogen-bond donors (Lipinski definition) is 1. The van der Waals surface area contributed by atoms with Gasteiger partial charge < -0.3 is 15.2 Å². The average Bonchev–Trinajstić information content (AvgIpc) is 2.46. The molecule has 0 aliphatic rings. The molecule has 2 aromatic carbocycles. The van der Waals surface area contributed by atoms with Crippen LogP contribution in [0.2, 0.25) is 0 Å². The molecule has 0 aliphatic heterocycles. The van der Waals surface area contributed by atoms with Gasteiger partial charge in [0.25, 0.3) is 0 Å². The summed E-state index contributed by atoms with van der Waals surface area (Å²) in [6, 6.07) is 10.4. The zero-order valence-electron chi connectivity index (χ0n) is 11.8. The van der Waals surface area contributed by atoms with Crippen LogP contribution in [0.1, 0.15) is 21.5 Å². The highest BCUT2D eigenvalue weighted by atomic mass is 16.5. The lowest BCUT2D eigenvalue weighted by Crippen LogP contribution is -2.07. The van der Waals surface area contributed by atoms with Gasteiger partial charge >= 0.3 is 0 Å². The summed E-state index contributed by atoms with van der Waals surface area (Å²) >= 11 is 0. The van der Waals surface area contributed by atoms with Crippen molar-refractivity contribution in [3.05, 3.63) is 53.1 Å². The van der Waals surface area contributed by atoms with Crippen LogP contribution in [0, 0.1) is 6.92 Å². The number of carbonyl (C=O) groups excluding carboxylic acids is 1. The first-order valence-corrected chi connectivity index (χ1v) is 6.19. The van der Waals surface area contributed by atoms with E-state index in [4.69, 9.17) is 15.2 Å². The molecule has 0 amide bonds. The third-order valence-electron chi connectivity index (χ3n) is 3.18. The van der Waals surface area contributed by atoms with Crippen molar-refractivity contribution in [2.24, 2.45) is 0 Å². The molecule has 0 saturated heterocycles. The number of ether oxygens (including phenoxy) is 2. The Hall–Kier alpha value is -2.49. The van der Waals surface area contributed by atoms with Crippen LogP contribution in [-0.4, -0.2) is 20.0 Å². The second-order valence-electron chi connectivity index (χ2n) is 4.46. The van der Waals surface area contributed by atoms with Crippen molar-refractivity contribution in [3.8, 4) is 11.5 Å². The smallest absolute Gasteiger partial charge is 0.195 e. The second-order valence-corrected chi connectivity index (χ2v) is 4.46. The molecule has 0 heterocycles. The van der Waals surface area contributed by atoms with E-state index >= 15 is 0 Å². The summed E-state index contributed by atoms with van der Waals surface area (Å²) in [5, 5.41) is 0. The van der Waals surface area contributed by atoms with Gasteiger partial charge in [0.05, 0.1) is 14.2 Å². The van der Waals surface area contributed by atoms with Gasteiger partial charge in [-0.25, -0.2) is 0 Å². The zero-order chi connectivity index (χ0) is 14.7. The van der Waals surface area contributed by atoms with Crippen LogP contribution in [0.4, 0.5) is 5.69 Å². The van der Waals surface area contributed by atoms with Crippen LogP contribution in [0.15, 0.2) is 36.4 Å². The normalized spacial score (nSPS) is 10.2. The van der Waals surface area contributed by atoms with E-state index in [1.807, 2.05) is 13.0 Å². The molecule has 0 bridgehead atoms. The van der Waals surface area contributed by atoms with E-state index in [9.17, 15) is 4.79 Å². The number of ketones is 1. The van der Waals surface area contributed by atoms with E-state index in [-0.39, 0.29) is 5.78 Å². The number of anilines is 1. The van der Waals surface area contributed by atoms with E-state index < -0.39 is 0 Å². The number of hydrogen-bond acceptors (Lipinski definition) is 4. The second kappa shape index (κ2) is 5.65. The highest BCUT2D eigenvalue weighted by molar-refractivity contribution is 6.13. The molecule has 2 N–H and O–H groups in total. The third-order valence-corrected chi connectivity index (χ3v) is 3.18. The summed E-state index contributed by atoms with van der Waals surface area (Å²) in [5.41, 5.74) is 8.26. The van der Waals surface area contributed by atoms with E-state index in [0.717, 1.165) is 11.3 Å². The van der Waals surface area contributed by atoms with E-state index in [2.05, 4.69) is 0 Å². The molecule has 0 spiro atoms. The fourth-order valence-corrected chi connectivity index (χ4v) is 2.04. The molecule has 2 aromatic rings. The summed E-state index contributed by atoms with van der Waals surface area (Å²) in [6.07, 6.45) is 0. The van der Waals surface area contributed by atoms with Crippen molar-refractivity contribution in [1.29, 1.82) is 0 Å². The van der Waals surface area contributed by atoms with Crippen molar-refractivity contribution >= 4 is 11.5 Å². The van der Waals surface area contributed by atoms with E-state index in [0.29, 0.717) is 22.6 Å². The number of aryl methyl sites for hydroxylation is 1. The van der Waals surface area contributed by atoms with Crippen molar-refractivity contribution in [2.45, 2.75) is 6.92 Å². The van der Waals surface area contributed by atoms with Crippen LogP contribution in [-0.2, 0) is 0 Å².